The van der Waals surface area contributed by atoms with Gasteiger partial charge in [0.15, 0.2) is 0 Å². The Morgan fingerprint density at radius 3 is 2.60 bits per heavy atom. The molecule has 0 saturated carbocycles. The molecule has 1 aliphatic rings. The summed E-state index contributed by atoms with van der Waals surface area (Å²) in [4.78, 5) is 0.866. The van der Waals surface area contributed by atoms with Gasteiger partial charge < -0.3 is 0 Å². The van der Waals surface area contributed by atoms with Gasteiger partial charge in [0.25, 0.3) is 0 Å². The van der Waals surface area contributed by atoms with E-state index in [1.807, 2.05) is 0 Å². The van der Waals surface area contributed by atoms with E-state index >= 15 is 0 Å². The van der Waals surface area contributed by atoms with Gasteiger partial charge in [0, 0.05) is 6.54 Å². The third kappa shape index (κ3) is 0.560. The van der Waals surface area contributed by atoms with E-state index in [4.69, 9.17) is 0 Å². The molecule has 1 fully saturated rings. The number of hydrogen-bond donors (Lipinski definition) is 1. The van der Waals surface area contributed by atoms with Crippen molar-refractivity contribution in [3.05, 3.63) is 0 Å². The Balaban J connectivity index is 2.80. The summed E-state index contributed by atoms with van der Waals surface area (Å²) >= 11 is 0.546. The highest BCUT2D eigenvalue weighted by Crippen LogP contribution is 1.75. The Kier molecular flexibility index (Phi) is 0.559. The Morgan fingerprint density at radius 2 is 2.60 bits per heavy atom. The summed E-state index contributed by atoms with van der Waals surface area (Å²) in [6, 6.07) is 0. The molecule has 0 radical (unpaired) electrons. The number of nitrogens with one attached hydrogen (secondary N) is 1. The molecule has 3 heteroatoms. The molecule has 1 rings (SSSR count). The average molecular weight is 89.1 g/mol. The first-order valence-corrected chi connectivity index (χ1v) is 2.07. The lowest BCUT2D eigenvalue weighted by Gasteiger charge is -1.34. The van der Waals surface area contributed by atoms with Gasteiger partial charge in [-0.2, -0.15) is 0 Å². The van der Waals surface area contributed by atoms with Gasteiger partial charge >= 0.3 is 0 Å². The predicted molar refractivity (Wildman–Crippen MR) is 21.2 cm³/mol. The second kappa shape index (κ2) is 0.914. The first kappa shape index (κ1) is 3.06. The quantitative estimate of drug-likeness (QED) is 0.303. The van der Waals surface area contributed by atoms with Crippen molar-refractivity contribution >= 4 is 16.2 Å². The van der Waals surface area contributed by atoms with Crippen LogP contribution in [-0.2, 0) is 11.3 Å². The van der Waals surface area contributed by atoms with E-state index in [0.717, 1.165) is 11.5 Å². The molecular formula is C2H3NOS. The van der Waals surface area contributed by atoms with Crippen molar-refractivity contribution in [2.24, 2.45) is 0 Å². The predicted octanol–water partition coefficient (Wildman–Crippen LogP) is -1.07. The zero-order chi connectivity index (χ0) is 3.70. The van der Waals surface area contributed by atoms with Crippen molar-refractivity contribution in [3.8, 4) is 0 Å². The second-order valence-electron chi connectivity index (χ2n) is 0.860. The molecule has 1 aliphatic heterocycles. The molecular weight excluding hydrogens is 86.1 g/mol. The summed E-state index contributed by atoms with van der Waals surface area (Å²) in [6.07, 6.45) is 0. The molecule has 0 aromatic carbocycles. The third-order valence-corrected chi connectivity index (χ3v) is 0.912. The lowest BCUT2D eigenvalue weighted by molar-refractivity contribution is 0.701. The summed E-state index contributed by atoms with van der Waals surface area (Å²) in [6.45, 7) is 0.828. The Bertz CT molecular complexity index is 87.8. The zero-order valence-electron chi connectivity index (χ0n) is 2.52. The molecule has 28 valence electrons. The summed E-state index contributed by atoms with van der Waals surface area (Å²) in [5.41, 5.74) is 0. The minimum atomic E-state index is 0.546. The van der Waals surface area contributed by atoms with Crippen LogP contribution in [0.1, 0.15) is 0 Å². The van der Waals surface area contributed by atoms with Gasteiger partial charge in [-0.15, -0.1) is 0 Å². The first-order chi connectivity index (χ1) is 2.43. The van der Waals surface area contributed by atoms with Crippen LogP contribution in [-0.4, -0.2) is 15.7 Å². The molecule has 0 aliphatic carbocycles. The maximum absolute atomic E-state index is 9.51. The van der Waals surface area contributed by atoms with E-state index < -0.39 is 0 Å². The van der Waals surface area contributed by atoms with E-state index in [9.17, 15) is 4.21 Å². The molecule has 0 atom stereocenters. The fourth-order valence-corrected chi connectivity index (χ4v) is 0.285. The maximum atomic E-state index is 9.51. The summed E-state index contributed by atoms with van der Waals surface area (Å²) in [5.74, 6) is 0. The van der Waals surface area contributed by atoms with Gasteiger partial charge in [-0.3, -0.25) is 5.32 Å². The van der Waals surface area contributed by atoms with Crippen molar-refractivity contribution in [1.82, 2.24) is 5.32 Å². The Labute approximate surface area is 33.3 Å². The molecule has 0 spiro atoms. The van der Waals surface area contributed by atoms with Crippen LogP contribution in [0.3, 0.4) is 0 Å². The first-order valence-electron chi connectivity index (χ1n) is 1.33. The molecule has 0 aromatic heterocycles. The minimum absolute atomic E-state index is 0.546. The van der Waals surface area contributed by atoms with E-state index in [1.54, 1.807) is 0 Å². The fraction of sp³-hybridized carbons (Fsp3) is 0.500. The van der Waals surface area contributed by atoms with Crippen molar-refractivity contribution in [2.45, 2.75) is 0 Å². The lowest BCUT2D eigenvalue weighted by Crippen LogP contribution is -1.68. The highest BCUT2D eigenvalue weighted by Gasteiger charge is 2.08. The third-order valence-electron chi connectivity index (χ3n) is 0.422. The van der Waals surface area contributed by atoms with E-state index in [-0.39, 0.29) is 0 Å². The van der Waals surface area contributed by atoms with Gasteiger partial charge in [0.1, 0.15) is 16.2 Å². The van der Waals surface area contributed by atoms with Gasteiger partial charge in [0.2, 0.25) is 0 Å². The molecule has 5 heavy (non-hydrogen) atoms. The van der Waals surface area contributed by atoms with Crippen LogP contribution in [0, 0.1) is 0 Å². The SMILES string of the molecule is O=S=C1CN1. The summed E-state index contributed by atoms with van der Waals surface area (Å²) in [7, 11) is 0. The largest absolute Gasteiger partial charge is 0.274 e. The van der Waals surface area contributed by atoms with Crippen molar-refractivity contribution in [2.75, 3.05) is 6.54 Å². The second-order valence-corrected chi connectivity index (χ2v) is 1.52. The molecule has 2 nitrogen and oxygen atoms in total. The van der Waals surface area contributed by atoms with Crippen LogP contribution in [0.5, 0.6) is 0 Å². The summed E-state index contributed by atoms with van der Waals surface area (Å²) in [5, 5.41) is 2.75. The fourth-order valence-electron chi connectivity index (χ4n) is 0.0950. The molecule has 0 unspecified atom stereocenters. The minimum Gasteiger partial charge on any atom is -0.274 e. The van der Waals surface area contributed by atoms with Gasteiger partial charge in [-0.05, 0) is 0 Å². The van der Waals surface area contributed by atoms with E-state index in [2.05, 4.69) is 5.32 Å². The van der Waals surface area contributed by atoms with Crippen molar-refractivity contribution in [1.29, 1.82) is 0 Å². The number of hydrogen-bond acceptors (Lipinski definition) is 1. The summed E-state index contributed by atoms with van der Waals surface area (Å²) < 4.78 is 9.51. The average Bonchev–Trinajstić information content (AvgIpc) is 2.12. The smallest absolute Gasteiger partial charge is 0.105 e. The van der Waals surface area contributed by atoms with E-state index in [1.165, 1.54) is 0 Å². The molecule has 1 saturated heterocycles. The van der Waals surface area contributed by atoms with Gasteiger partial charge in [-0.25, -0.2) is 4.21 Å². The topological polar surface area (TPSA) is 39.0 Å². The lowest BCUT2D eigenvalue weighted by atomic mass is 11.0. The van der Waals surface area contributed by atoms with Crippen LogP contribution >= 0.6 is 0 Å². The molecule has 0 amide bonds. The standard InChI is InChI=1S/C2H3NOS/c4-5-2-1-3-2/h3H,1H2. The van der Waals surface area contributed by atoms with Crippen LogP contribution in [0.2, 0.25) is 0 Å². The Morgan fingerprint density at radius 1 is 2.00 bits per heavy atom. The zero-order valence-corrected chi connectivity index (χ0v) is 3.34. The molecule has 1 N–H and O–H groups in total. The van der Waals surface area contributed by atoms with Crippen molar-refractivity contribution < 1.29 is 4.21 Å². The normalized spacial score (nSPS) is 18.8. The highest BCUT2D eigenvalue weighted by molar-refractivity contribution is 7.67. The van der Waals surface area contributed by atoms with Crippen LogP contribution in [0.15, 0.2) is 0 Å². The number of rotatable bonds is 0. The van der Waals surface area contributed by atoms with Crippen LogP contribution in [0.4, 0.5) is 0 Å². The van der Waals surface area contributed by atoms with E-state index in [0.29, 0.717) is 11.3 Å². The Hall–Kier alpha value is -0.150. The molecule has 0 aromatic rings. The van der Waals surface area contributed by atoms with Crippen molar-refractivity contribution in [3.63, 3.8) is 0 Å². The maximum Gasteiger partial charge on any atom is 0.105 e. The molecule has 0 bridgehead atoms. The van der Waals surface area contributed by atoms with Crippen LogP contribution < -0.4 is 5.32 Å². The highest BCUT2D eigenvalue weighted by atomic mass is 32.1. The molecule has 1 heterocycles. The van der Waals surface area contributed by atoms with Gasteiger partial charge in [-0.1, -0.05) is 0 Å². The monoisotopic (exact) mass is 89.0 g/mol. The van der Waals surface area contributed by atoms with Crippen LogP contribution in [0.25, 0.3) is 0 Å². The van der Waals surface area contributed by atoms with Gasteiger partial charge in [0.05, 0.1) is 0 Å².